The monoisotopic (exact) mass is 275 g/mol. The molecule has 1 aromatic heterocycles. The van der Waals surface area contributed by atoms with Crippen LogP contribution in [0.3, 0.4) is 0 Å². The largest absolute Gasteiger partial charge is 0.319 e. The van der Waals surface area contributed by atoms with Crippen LogP contribution in [0.1, 0.15) is 38.6 Å². The van der Waals surface area contributed by atoms with Crippen LogP contribution in [0.2, 0.25) is 0 Å². The number of halogens is 2. The Labute approximate surface area is 110 Å². The Morgan fingerprint density at radius 3 is 3.11 bits per heavy atom. The number of aromatic nitrogens is 2. The SMILES string of the molecule is CCSC1CCCC1NCc1nccn1C(F)F. The van der Waals surface area contributed by atoms with Gasteiger partial charge in [-0.3, -0.25) is 4.57 Å². The summed E-state index contributed by atoms with van der Waals surface area (Å²) in [7, 11) is 0. The van der Waals surface area contributed by atoms with Crippen molar-refractivity contribution in [2.75, 3.05) is 5.75 Å². The Balaban J connectivity index is 1.89. The number of nitrogens with one attached hydrogen (secondary N) is 1. The number of imidazole rings is 1. The highest BCUT2D eigenvalue weighted by Crippen LogP contribution is 2.30. The third kappa shape index (κ3) is 3.23. The van der Waals surface area contributed by atoms with Crippen molar-refractivity contribution in [2.24, 2.45) is 0 Å². The molecule has 3 nitrogen and oxygen atoms in total. The predicted octanol–water partition coefficient (Wildman–Crippen LogP) is 3.04. The van der Waals surface area contributed by atoms with Gasteiger partial charge in [-0.05, 0) is 18.6 Å². The summed E-state index contributed by atoms with van der Waals surface area (Å²) < 4.78 is 26.2. The fourth-order valence-corrected chi connectivity index (χ4v) is 3.68. The van der Waals surface area contributed by atoms with Crippen molar-refractivity contribution in [3.63, 3.8) is 0 Å². The van der Waals surface area contributed by atoms with E-state index in [2.05, 4.69) is 17.2 Å². The van der Waals surface area contributed by atoms with Crippen LogP contribution in [0, 0.1) is 0 Å². The Morgan fingerprint density at radius 1 is 1.56 bits per heavy atom. The molecule has 0 aliphatic heterocycles. The molecule has 6 heteroatoms. The smallest absolute Gasteiger partial charge is 0.306 e. The summed E-state index contributed by atoms with van der Waals surface area (Å²) in [5.74, 6) is 1.52. The van der Waals surface area contributed by atoms with Gasteiger partial charge >= 0.3 is 6.55 Å². The lowest BCUT2D eigenvalue weighted by atomic mass is 10.2. The van der Waals surface area contributed by atoms with E-state index in [1.54, 1.807) is 0 Å². The maximum atomic E-state index is 12.6. The summed E-state index contributed by atoms with van der Waals surface area (Å²) in [4.78, 5) is 3.98. The lowest BCUT2D eigenvalue weighted by molar-refractivity contribution is 0.0665. The minimum Gasteiger partial charge on any atom is -0.306 e. The first kappa shape index (κ1) is 13.8. The van der Waals surface area contributed by atoms with Gasteiger partial charge in [-0.15, -0.1) is 0 Å². The maximum absolute atomic E-state index is 12.6. The van der Waals surface area contributed by atoms with E-state index in [1.165, 1.54) is 25.2 Å². The quantitative estimate of drug-likeness (QED) is 0.865. The minimum atomic E-state index is -2.51. The summed E-state index contributed by atoms with van der Waals surface area (Å²) in [6.07, 6.45) is 6.33. The van der Waals surface area contributed by atoms with Gasteiger partial charge in [0.2, 0.25) is 0 Å². The first-order chi connectivity index (χ1) is 8.72. The summed E-state index contributed by atoms with van der Waals surface area (Å²) in [5.41, 5.74) is 0. The van der Waals surface area contributed by atoms with Crippen LogP contribution in [0.4, 0.5) is 8.78 Å². The molecular formula is C12H19F2N3S. The molecule has 0 aromatic carbocycles. The van der Waals surface area contributed by atoms with Crippen molar-refractivity contribution in [2.45, 2.75) is 50.6 Å². The summed E-state index contributed by atoms with van der Waals surface area (Å²) >= 11 is 1.96. The fraction of sp³-hybridized carbons (Fsp3) is 0.750. The van der Waals surface area contributed by atoms with Crippen molar-refractivity contribution < 1.29 is 8.78 Å². The number of hydrogen-bond acceptors (Lipinski definition) is 3. The molecule has 2 rings (SSSR count). The molecule has 1 aliphatic rings. The molecular weight excluding hydrogens is 256 g/mol. The van der Waals surface area contributed by atoms with Gasteiger partial charge in [-0.1, -0.05) is 13.3 Å². The van der Waals surface area contributed by atoms with E-state index < -0.39 is 6.55 Å². The van der Waals surface area contributed by atoms with Crippen molar-refractivity contribution in [3.05, 3.63) is 18.2 Å². The lowest BCUT2D eigenvalue weighted by Crippen LogP contribution is -2.34. The third-order valence-corrected chi connectivity index (χ3v) is 4.64. The van der Waals surface area contributed by atoms with Crippen LogP contribution in [0.5, 0.6) is 0 Å². The molecule has 18 heavy (non-hydrogen) atoms. The number of nitrogens with zero attached hydrogens (tertiary/aromatic N) is 2. The van der Waals surface area contributed by atoms with E-state index >= 15 is 0 Å². The second kappa shape index (κ2) is 6.52. The van der Waals surface area contributed by atoms with Crippen molar-refractivity contribution in [1.29, 1.82) is 0 Å². The molecule has 102 valence electrons. The van der Waals surface area contributed by atoms with Crippen molar-refractivity contribution >= 4 is 11.8 Å². The molecule has 0 spiro atoms. The molecule has 1 N–H and O–H groups in total. The van der Waals surface area contributed by atoms with Gasteiger partial charge < -0.3 is 5.32 Å². The highest BCUT2D eigenvalue weighted by molar-refractivity contribution is 7.99. The molecule has 2 atom stereocenters. The molecule has 0 saturated heterocycles. The zero-order valence-corrected chi connectivity index (χ0v) is 11.3. The van der Waals surface area contributed by atoms with Crippen molar-refractivity contribution in [1.82, 2.24) is 14.9 Å². The van der Waals surface area contributed by atoms with Crippen LogP contribution in [-0.2, 0) is 6.54 Å². The minimum absolute atomic E-state index is 0.414. The average molecular weight is 275 g/mol. The Bertz CT molecular complexity index is 370. The van der Waals surface area contributed by atoms with Gasteiger partial charge in [0.25, 0.3) is 0 Å². The van der Waals surface area contributed by atoms with E-state index in [4.69, 9.17) is 0 Å². The predicted molar refractivity (Wildman–Crippen MR) is 69.9 cm³/mol. The molecule has 1 aliphatic carbocycles. The number of hydrogen-bond donors (Lipinski definition) is 1. The normalized spacial score (nSPS) is 24.0. The summed E-state index contributed by atoms with van der Waals surface area (Å²) in [6, 6.07) is 0.428. The zero-order valence-electron chi connectivity index (χ0n) is 10.5. The summed E-state index contributed by atoms with van der Waals surface area (Å²) in [5, 5.41) is 3.99. The molecule has 1 saturated carbocycles. The second-order valence-corrected chi connectivity index (χ2v) is 5.96. The highest BCUT2D eigenvalue weighted by Gasteiger charge is 2.27. The molecule has 0 bridgehead atoms. The first-order valence-corrected chi connectivity index (χ1v) is 7.42. The van der Waals surface area contributed by atoms with Gasteiger partial charge in [0.05, 0.1) is 6.54 Å². The Hall–Kier alpha value is -0.620. The van der Waals surface area contributed by atoms with Gasteiger partial charge in [-0.2, -0.15) is 20.5 Å². The van der Waals surface area contributed by atoms with Crippen LogP contribution in [0.25, 0.3) is 0 Å². The standard InChI is InChI=1S/C12H19F2N3S/c1-2-18-10-5-3-4-9(10)16-8-11-15-6-7-17(11)12(13)14/h6-7,9-10,12,16H,2-5,8H2,1H3. The number of thioether (sulfide) groups is 1. The third-order valence-electron chi connectivity index (χ3n) is 3.31. The summed E-state index contributed by atoms with van der Waals surface area (Å²) in [6.45, 7) is 0.0699. The van der Waals surface area contributed by atoms with E-state index in [-0.39, 0.29) is 0 Å². The topological polar surface area (TPSA) is 29.9 Å². The van der Waals surface area contributed by atoms with E-state index in [0.717, 1.165) is 16.7 Å². The molecule has 1 heterocycles. The van der Waals surface area contributed by atoms with Gasteiger partial charge in [0, 0.05) is 23.7 Å². The highest BCUT2D eigenvalue weighted by atomic mass is 32.2. The fourth-order valence-electron chi connectivity index (χ4n) is 2.45. The Kier molecular flexibility index (Phi) is 5.00. The lowest BCUT2D eigenvalue weighted by Gasteiger charge is -2.20. The number of alkyl halides is 2. The zero-order chi connectivity index (χ0) is 13.0. The maximum Gasteiger partial charge on any atom is 0.319 e. The van der Waals surface area contributed by atoms with E-state index in [0.29, 0.717) is 23.7 Å². The average Bonchev–Trinajstić information content (AvgIpc) is 2.95. The molecule has 0 radical (unpaired) electrons. The van der Waals surface area contributed by atoms with E-state index in [9.17, 15) is 8.78 Å². The molecule has 1 aromatic rings. The Morgan fingerprint density at radius 2 is 2.39 bits per heavy atom. The van der Waals surface area contributed by atoms with Gasteiger partial charge in [-0.25, -0.2) is 4.98 Å². The molecule has 2 unspecified atom stereocenters. The molecule has 1 fully saturated rings. The first-order valence-electron chi connectivity index (χ1n) is 6.37. The van der Waals surface area contributed by atoms with E-state index in [1.807, 2.05) is 11.8 Å². The van der Waals surface area contributed by atoms with Crippen LogP contribution in [-0.4, -0.2) is 26.6 Å². The number of rotatable bonds is 6. The van der Waals surface area contributed by atoms with Crippen molar-refractivity contribution in [3.8, 4) is 0 Å². The van der Waals surface area contributed by atoms with Crippen LogP contribution in [0.15, 0.2) is 12.4 Å². The van der Waals surface area contributed by atoms with Gasteiger partial charge in [0.1, 0.15) is 5.82 Å². The van der Waals surface area contributed by atoms with Gasteiger partial charge in [0.15, 0.2) is 0 Å². The second-order valence-electron chi connectivity index (χ2n) is 4.44. The van der Waals surface area contributed by atoms with Crippen LogP contribution >= 0.6 is 11.8 Å². The molecule has 0 amide bonds. The van der Waals surface area contributed by atoms with Crippen LogP contribution < -0.4 is 5.32 Å².